The number of likely N-dealkylation sites (tertiary alicyclic amines) is 1. The Morgan fingerprint density at radius 1 is 1.18 bits per heavy atom. The van der Waals surface area contributed by atoms with Crippen molar-refractivity contribution in [2.75, 3.05) is 13.2 Å². The fourth-order valence-electron chi connectivity index (χ4n) is 4.91. The van der Waals surface area contributed by atoms with Gasteiger partial charge in [0, 0.05) is 29.0 Å². The van der Waals surface area contributed by atoms with Crippen LogP contribution in [0.25, 0.3) is 11.3 Å². The fourth-order valence-corrected chi connectivity index (χ4v) is 5.18. The highest BCUT2D eigenvalue weighted by Crippen LogP contribution is 2.35. The van der Waals surface area contributed by atoms with Gasteiger partial charge in [-0.15, -0.1) is 5.10 Å². The number of carbonyl (C=O) groups is 2. The van der Waals surface area contributed by atoms with E-state index in [1.54, 1.807) is 17.8 Å². The molecule has 1 fully saturated rings. The van der Waals surface area contributed by atoms with E-state index in [0.29, 0.717) is 13.0 Å². The summed E-state index contributed by atoms with van der Waals surface area (Å²) in [6, 6.07) is 9.61. The van der Waals surface area contributed by atoms with Gasteiger partial charge in [-0.05, 0) is 63.4 Å². The van der Waals surface area contributed by atoms with Gasteiger partial charge in [-0.1, -0.05) is 33.3 Å². The van der Waals surface area contributed by atoms with Gasteiger partial charge < -0.3 is 15.0 Å². The third-order valence-corrected chi connectivity index (χ3v) is 7.58. The summed E-state index contributed by atoms with van der Waals surface area (Å²) < 4.78 is 36.8. The van der Waals surface area contributed by atoms with Crippen molar-refractivity contribution in [2.24, 2.45) is 0 Å². The quantitative estimate of drug-likeness (QED) is 0.362. The topological polar surface area (TPSA) is 89.4 Å². The van der Waals surface area contributed by atoms with Gasteiger partial charge in [-0.3, -0.25) is 9.59 Å². The minimum Gasteiger partial charge on any atom is -0.491 e. The average molecular weight is 604 g/mol. The molecule has 1 aliphatic heterocycles. The Hall–Kier alpha value is -3.34. The van der Waals surface area contributed by atoms with Crippen LogP contribution in [0.3, 0.4) is 0 Å². The fraction of sp³-hybridized carbons (Fsp3) is 0.429. The SMILES string of the molecule is CCOc1ccc(-c2cn(C3CCC(C)(C)N(C(=O)CC(NC(C)=O)c4ccc(Br)cc4)C3)nn2)c(F)c1F. The molecule has 2 heterocycles. The number of carbonyl (C=O) groups excluding carboxylic acids is 2. The van der Waals surface area contributed by atoms with Crippen LogP contribution < -0.4 is 10.1 Å². The highest BCUT2D eigenvalue weighted by atomic mass is 79.9. The van der Waals surface area contributed by atoms with Gasteiger partial charge in [0.25, 0.3) is 0 Å². The van der Waals surface area contributed by atoms with Crippen LogP contribution in [0.4, 0.5) is 8.78 Å². The van der Waals surface area contributed by atoms with Gasteiger partial charge in [0.05, 0.1) is 31.3 Å². The number of rotatable bonds is 8. The smallest absolute Gasteiger partial charge is 0.225 e. The van der Waals surface area contributed by atoms with Crippen molar-refractivity contribution in [1.82, 2.24) is 25.2 Å². The lowest BCUT2D eigenvalue weighted by atomic mass is 9.87. The normalized spacial score (nSPS) is 17.5. The Morgan fingerprint density at radius 2 is 1.90 bits per heavy atom. The number of piperidine rings is 1. The van der Waals surface area contributed by atoms with E-state index in [-0.39, 0.29) is 47.9 Å². The van der Waals surface area contributed by atoms with E-state index in [1.807, 2.05) is 43.0 Å². The number of benzene rings is 2. The predicted octanol–water partition coefficient (Wildman–Crippen LogP) is 5.59. The van der Waals surface area contributed by atoms with E-state index in [9.17, 15) is 18.4 Å². The summed E-state index contributed by atoms with van der Waals surface area (Å²) in [5.41, 5.74) is 0.595. The zero-order chi connectivity index (χ0) is 28.3. The molecule has 2 amide bonds. The average Bonchev–Trinajstić information content (AvgIpc) is 3.36. The van der Waals surface area contributed by atoms with Crippen molar-refractivity contribution in [3.63, 3.8) is 0 Å². The molecule has 11 heteroatoms. The van der Waals surface area contributed by atoms with Crippen molar-refractivity contribution < 1.29 is 23.1 Å². The van der Waals surface area contributed by atoms with Crippen LogP contribution in [-0.4, -0.2) is 50.4 Å². The largest absolute Gasteiger partial charge is 0.491 e. The molecule has 2 atom stereocenters. The zero-order valence-electron chi connectivity index (χ0n) is 22.4. The molecule has 0 spiro atoms. The molecule has 208 valence electrons. The van der Waals surface area contributed by atoms with Gasteiger partial charge in [0.2, 0.25) is 17.6 Å². The van der Waals surface area contributed by atoms with Crippen molar-refractivity contribution in [1.29, 1.82) is 0 Å². The van der Waals surface area contributed by atoms with Crippen molar-refractivity contribution >= 4 is 27.7 Å². The molecule has 0 radical (unpaired) electrons. The lowest BCUT2D eigenvalue weighted by Crippen LogP contribution is -2.54. The summed E-state index contributed by atoms with van der Waals surface area (Å²) in [4.78, 5) is 27.4. The molecule has 2 aromatic carbocycles. The van der Waals surface area contributed by atoms with Crippen molar-refractivity contribution in [3.8, 4) is 17.0 Å². The molecular weight excluding hydrogens is 572 g/mol. The summed E-state index contributed by atoms with van der Waals surface area (Å²) in [7, 11) is 0. The molecule has 0 bridgehead atoms. The van der Waals surface area contributed by atoms with E-state index in [4.69, 9.17) is 4.74 Å². The number of hydrogen-bond acceptors (Lipinski definition) is 5. The molecule has 1 aromatic heterocycles. The second-order valence-electron chi connectivity index (χ2n) is 10.3. The monoisotopic (exact) mass is 603 g/mol. The van der Waals surface area contributed by atoms with Gasteiger partial charge in [-0.2, -0.15) is 4.39 Å². The first-order valence-electron chi connectivity index (χ1n) is 12.9. The number of nitrogens with one attached hydrogen (secondary N) is 1. The van der Waals surface area contributed by atoms with Crippen LogP contribution in [-0.2, 0) is 9.59 Å². The lowest BCUT2D eigenvalue weighted by molar-refractivity contribution is -0.140. The predicted molar refractivity (Wildman–Crippen MR) is 146 cm³/mol. The lowest BCUT2D eigenvalue weighted by Gasteiger charge is -2.46. The van der Waals surface area contributed by atoms with Crippen molar-refractivity contribution in [2.45, 2.75) is 64.6 Å². The first-order valence-corrected chi connectivity index (χ1v) is 13.7. The van der Waals surface area contributed by atoms with E-state index < -0.39 is 23.2 Å². The van der Waals surface area contributed by atoms with Gasteiger partial charge >= 0.3 is 0 Å². The molecule has 39 heavy (non-hydrogen) atoms. The Labute approximate surface area is 234 Å². The Morgan fingerprint density at radius 3 is 2.56 bits per heavy atom. The molecule has 2 unspecified atom stereocenters. The molecule has 1 saturated heterocycles. The van der Waals surface area contributed by atoms with E-state index in [1.165, 1.54) is 19.1 Å². The third kappa shape index (κ3) is 6.46. The van der Waals surface area contributed by atoms with Crippen LogP contribution in [0.1, 0.15) is 64.6 Å². The number of nitrogens with zero attached hydrogens (tertiary/aromatic N) is 4. The molecule has 0 saturated carbocycles. The van der Waals surface area contributed by atoms with Crippen LogP contribution in [0.15, 0.2) is 47.1 Å². The maximum absolute atomic E-state index is 14.7. The highest BCUT2D eigenvalue weighted by Gasteiger charge is 2.39. The number of halogens is 3. The Kier molecular flexibility index (Phi) is 8.68. The maximum Gasteiger partial charge on any atom is 0.225 e. The summed E-state index contributed by atoms with van der Waals surface area (Å²) in [5.74, 6) is -2.60. The highest BCUT2D eigenvalue weighted by molar-refractivity contribution is 9.10. The molecule has 1 N–H and O–H groups in total. The van der Waals surface area contributed by atoms with E-state index in [2.05, 4.69) is 31.6 Å². The van der Waals surface area contributed by atoms with Crippen LogP contribution in [0.2, 0.25) is 0 Å². The molecule has 4 rings (SSSR count). The van der Waals surface area contributed by atoms with Crippen LogP contribution in [0.5, 0.6) is 5.75 Å². The number of aromatic nitrogens is 3. The molecule has 8 nitrogen and oxygen atoms in total. The van der Waals surface area contributed by atoms with E-state index in [0.717, 1.165) is 16.5 Å². The first kappa shape index (κ1) is 28.7. The summed E-state index contributed by atoms with van der Waals surface area (Å²) in [6.07, 6.45) is 3.09. The standard InChI is InChI=1S/C28H32BrF2N5O3/c1-5-39-24-11-10-21(26(30)27(24)31)23-16-36(34-33-23)20-12-13-28(3,4)35(15-20)25(38)14-22(32-17(2)37)18-6-8-19(29)9-7-18/h6-11,16,20,22H,5,12-15H2,1-4H3,(H,32,37). The van der Waals surface area contributed by atoms with Gasteiger partial charge in [0.1, 0.15) is 5.69 Å². The third-order valence-electron chi connectivity index (χ3n) is 7.05. The second-order valence-corrected chi connectivity index (χ2v) is 11.2. The number of hydrogen-bond donors (Lipinski definition) is 1. The van der Waals surface area contributed by atoms with Crippen LogP contribution >= 0.6 is 15.9 Å². The van der Waals surface area contributed by atoms with Gasteiger partial charge in [-0.25, -0.2) is 9.07 Å². The van der Waals surface area contributed by atoms with Gasteiger partial charge in [0.15, 0.2) is 11.6 Å². The summed E-state index contributed by atoms with van der Waals surface area (Å²) in [6.45, 7) is 7.73. The summed E-state index contributed by atoms with van der Waals surface area (Å²) >= 11 is 3.42. The van der Waals surface area contributed by atoms with Crippen LogP contribution in [0, 0.1) is 11.6 Å². The Bertz CT molecular complexity index is 1350. The number of amides is 2. The van der Waals surface area contributed by atoms with Crippen molar-refractivity contribution in [3.05, 3.63) is 64.3 Å². The second kappa shape index (κ2) is 11.8. The molecule has 3 aromatic rings. The Balaban J connectivity index is 1.53. The summed E-state index contributed by atoms with van der Waals surface area (Å²) in [5, 5.41) is 11.2. The minimum atomic E-state index is -1.07. The first-order chi connectivity index (χ1) is 18.5. The van der Waals surface area contributed by atoms with E-state index >= 15 is 0 Å². The number of ether oxygens (including phenoxy) is 1. The maximum atomic E-state index is 14.7. The molecular formula is C28H32BrF2N5O3. The molecule has 1 aliphatic rings. The molecule has 0 aliphatic carbocycles. The minimum absolute atomic E-state index is 0.0149. The zero-order valence-corrected chi connectivity index (χ0v) is 24.0.